The van der Waals surface area contributed by atoms with Gasteiger partial charge in [0.1, 0.15) is 11.9 Å². The number of amides is 2. The molecule has 6 nitrogen and oxygen atoms in total. The minimum atomic E-state index is -0.581. The van der Waals surface area contributed by atoms with E-state index in [9.17, 15) is 9.59 Å². The Bertz CT molecular complexity index is 707. The van der Waals surface area contributed by atoms with Gasteiger partial charge in [-0.1, -0.05) is 44.2 Å². The third kappa shape index (κ3) is 4.68. The Balaban J connectivity index is 2.17. The van der Waals surface area contributed by atoms with E-state index >= 15 is 0 Å². The lowest BCUT2D eigenvalue weighted by Gasteiger charge is -2.21. The molecule has 0 unspecified atom stereocenters. The Morgan fingerprint density at radius 3 is 2.46 bits per heavy atom. The predicted octanol–water partition coefficient (Wildman–Crippen LogP) is 2.34. The van der Waals surface area contributed by atoms with Crippen molar-refractivity contribution in [1.29, 1.82) is 0 Å². The molecule has 2 amide bonds. The Hall–Kier alpha value is -2.63. The summed E-state index contributed by atoms with van der Waals surface area (Å²) in [5, 5.41) is 10.0. The van der Waals surface area contributed by atoms with E-state index in [1.807, 2.05) is 57.2 Å². The molecule has 0 aliphatic carbocycles. The smallest absolute Gasteiger partial charge is 0.248 e. The lowest BCUT2D eigenvalue weighted by molar-refractivity contribution is -0.126. The quantitative estimate of drug-likeness (QED) is 0.854. The van der Waals surface area contributed by atoms with Gasteiger partial charge in [0.05, 0.1) is 12.2 Å². The number of nitrogens with one attached hydrogen (secondary N) is 2. The van der Waals surface area contributed by atoms with Crippen molar-refractivity contribution in [3.05, 3.63) is 47.7 Å². The Kier molecular flexibility index (Phi) is 5.73. The van der Waals surface area contributed by atoms with E-state index in [1.54, 1.807) is 4.68 Å². The summed E-state index contributed by atoms with van der Waals surface area (Å²) in [6.45, 7) is 7.65. The van der Waals surface area contributed by atoms with Crippen LogP contribution in [0.3, 0.4) is 0 Å². The van der Waals surface area contributed by atoms with Crippen LogP contribution >= 0.6 is 0 Å². The molecule has 1 aromatic carbocycles. The van der Waals surface area contributed by atoms with Gasteiger partial charge < -0.3 is 10.6 Å². The number of hydrogen-bond donors (Lipinski definition) is 2. The highest BCUT2D eigenvalue weighted by molar-refractivity contribution is 5.96. The van der Waals surface area contributed by atoms with Crippen molar-refractivity contribution in [3.63, 3.8) is 0 Å². The number of aryl methyl sites for hydroxylation is 1. The van der Waals surface area contributed by atoms with Gasteiger partial charge in [-0.15, -0.1) is 0 Å². The van der Waals surface area contributed by atoms with E-state index < -0.39 is 6.04 Å². The van der Waals surface area contributed by atoms with Gasteiger partial charge >= 0.3 is 0 Å². The van der Waals surface area contributed by atoms with E-state index in [-0.39, 0.29) is 17.7 Å². The van der Waals surface area contributed by atoms with E-state index in [2.05, 4.69) is 15.7 Å². The molecule has 6 heteroatoms. The van der Waals surface area contributed by atoms with Crippen LogP contribution in [-0.4, -0.2) is 27.6 Å². The van der Waals surface area contributed by atoms with Gasteiger partial charge in [0.2, 0.25) is 11.8 Å². The molecule has 0 saturated heterocycles. The molecule has 24 heavy (non-hydrogen) atoms. The number of nitrogens with zero attached hydrogens (tertiary/aromatic N) is 2. The first-order chi connectivity index (χ1) is 11.4. The van der Waals surface area contributed by atoms with Crippen LogP contribution in [0.1, 0.15) is 32.0 Å². The molecule has 0 aliphatic rings. The molecule has 1 heterocycles. The number of carbonyl (C=O) groups is 2. The van der Waals surface area contributed by atoms with E-state index in [1.165, 1.54) is 6.92 Å². The van der Waals surface area contributed by atoms with Gasteiger partial charge in [0.25, 0.3) is 0 Å². The van der Waals surface area contributed by atoms with Crippen LogP contribution in [0.15, 0.2) is 36.4 Å². The standard InChI is InChI=1S/C18H24N4O2/c1-12(2)17(19-14(4)23)18(24)20-16-10-13(3)21-22(16)11-15-8-6-5-7-9-15/h5-10,12,17H,11H2,1-4H3,(H,19,23)(H,20,24)/t17-/m0/s1. The maximum absolute atomic E-state index is 12.5. The van der Waals surface area contributed by atoms with E-state index in [0.29, 0.717) is 12.4 Å². The third-order valence-electron chi connectivity index (χ3n) is 3.64. The van der Waals surface area contributed by atoms with Crippen molar-refractivity contribution in [2.24, 2.45) is 5.92 Å². The maximum atomic E-state index is 12.5. The predicted molar refractivity (Wildman–Crippen MR) is 93.6 cm³/mol. The molecular formula is C18H24N4O2. The van der Waals surface area contributed by atoms with Gasteiger partial charge in [-0.3, -0.25) is 9.59 Å². The van der Waals surface area contributed by atoms with Gasteiger partial charge in [-0.25, -0.2) is 4.68 Å². The SMILES string of the molecule is CC(=O)N[C@H](C(=O)Nc1cc(C)nn1Cc1ccccc1)C(C)C. The van der Waals surface area contributed by atoms with Crippen molar-refractivity contribution < 1.29 is 9.59 Å². The molecule has 2 rings (SSSR count). The average molecular weight is 328 g/mol. The van der Waals surface area contributed by atoms with Crippen molar-refractivity contribution >= 4 is 17.6 Å². The zero-order valence-corrected chi connectivity index (χ0v) is 14.5. The van der Waals surface area contributed by atoms with E-state index in [0.717, 1.165) is 11.3 Å². The number of rotatable bonds is 6. The average Bonchev–Trinajstić information content (AvgIpc) is 2.84. The first kappa shape index (κ1) is 17.7. The van der Waals surface area contributed by atoms with Gasteiger partial charge in [-0.05, 0) is 18.4 Å². The summed E-state index contributed by atoms with van der Waals surface area (Å²) in [5.74, 6) is 0.144. The normalized spacial score (nSPS) is 12.0. The van der Waals surface area contributed by atoms with Crippen LogP contribution in [-0.2, 0) is 16.1 Å². The number of aromatic nitrogens is 2. The molecule has 0 bridgehead atoms. The zero-order chi connectivity index (χ0) is 17.7. The van der Waals surface area contributed by atoms with Gasteiger partial charge in [0.15, 0.2) is 0 Å². The Morgan fingerprint density at radius 1 is 1.21 bits per heavy atom. The van der Waals surface area contributed by atoms with Crippen LogP contribution in [0.2, 0.25) is 0 Å². The molecule has 128 valence electrons. The molecule has 0 aliphatic heterocycles. The fraction of sp³-hybridized carbons (Fsp3) is 0.389. The molecule has 0 fully saturated rings. The fourth-order valence-corrected chi connectivity index (χ4v) is 2.48. The second-order valence-corrected chi connectivity index (χ2v) is 6.23. The number of benzene rings is 1. The van der Waals surface area contributed by atoms with Crippen molar-refractivity contribution in [3.8, 4) is 0 Å². The number of anilines is 1. The summed E-state index contributed by atoms with van der Waals surface area (Å²) in [5.41, 5.74) is 1.92. The topological polar surface area (TPSA) is 76.0 Å². The molecule has 2 N–H and O–H groups in total. The summed E-state index contributed by atoms with van der Waals surface area (Å²) in [6.07, 6.45) is 0. The third-order valence-corrected chi connectivity index (χ3v) is 3.64. The minimum Gasteiger partial charge on any atom is -0.344 e. The summed E-state index contributed by atoms with van der Waals surface area (Å²) in [4.78, 5) is 23.9. The molecule has 2 aromatic rings. The van der Waals surface area contributed by atoms with Crippen LogP contribution in [0, 0.1) is 12.8 Å². The first-order valence-corrected chi connectivity index (χ1v) is 8.03. The molecule has 0 radical (unpaired) electrons. The summed E-state index contributed by atoms with van der Waals surface area (Å²) < 4.78 is 1.76. The van der Waals surface area contributed by atoms with Gasteiger partial charge in [0, 0.05) is 13.0 Å². The van der Waals surface area contributed by atoms with Crippen molar-refractivity contribution in [2.75, 3.05) is 5.32 Å². The highest BCUT2D eigenvalue weighted by Gasteiger charge is 2.24. The van der Waals surface area contributed by atoms with Crippen LogP contribution in [0.25, 0.3) is 0 Å². The summed E-state index contributed by atoms with van der Waals surface area (Å²) in [6, 6.07) is 11.2. The lowest BCUT2D eigenvalue weighted by atomic mass is 10.0. The van der Waals surface area contributed by atoms with Gasteiger partial charge in [-0.2, -0.15) is 5.10 Å². The highest BCUT2D eigenvalue weighted by atomic mass is 16.2. The lowest BCUT2D eigenvalue weighted by Crippen LogP contribution is -2.46. The molecule has 1 aromatic heterocycles. The molecule has 1 atom stereocenters. The summed E-state index contributed by atoms with van der Waals surface area (Å²) >= 11 is 0. The second-order valence-electron chi connectivity index (χ2n) is 6.23. The summed E-state index contributed by atoms with van der Waals surface area (Å²) in [7, 11) is 0. The zero-order valence-electron chi connectivity index (χ0n) is 14.5. The molecular weight excluding hydrogens is 304 g/mol. The Morgan fingerprint density at radius 2 is 1.88 bits per heavy atom. The minimum absolute atomic E-state index is 0.0134. The fourth-order valence-electron chi connectivity index (χ4n) is 2.48. The maximum Gasteiger partial charge on any atom is 0.248 e. The monoisotopic (exact) mass is 328 g/mol. The number of carbonyl (C=O) groups excluding carboxylic acids is 2. The second kappa shape index (κ2) is 7.77. The Labute approximate surface area is 142 Å². The first-order valence-electron chi connectivity index (χ1n) is 8.03. The van der Waals surface area contributed by atoms with Crippen LogP contribution in [0.4, 0.5) is 5.82 Å². The molecule has 0 spiro atoms. The number of hydrogen-bond acceptors (Lipinski definition) is 3. The van der Waals surface area contributed by atoms with Crippen LogP contribution in [0.5, 0.6) is 0 Å². The van der Waals surface area contributed by atoms with Crippen molar-refractivity contribution in [2.45, 2.75) is 40.3 Å². The van der Waals surface area contributed by atoms with Crippen molar-refractivity contribution in [1.82, 2.24) is 15.1 Å². The molecule has 0 saturated carbocycles. The van der Waals surface area contributed by atoms with E-state index in [4.69, 9.17) is 0 Å². The largest absolute Gasteiger partial charge is 0.344 e. The highest BCUT2D eigenvalue weighted by Crippen LogP contribution is 2.14. The van der Waals surface area contributed by atoms with Crippen LogP contribution < -0.4 is 10.6 Å².